The lowest BCUT2D eigenvalue weighted by Gasteiger charge is -2.40. The molecule has 0 bridgehead atoms. The molecule has 2 unspecified atom stereocenters. The molecule has 1 nitrogen and oxygen atoms in total. The summed E-state index contributed by atoms with van der Waals surface area (Å²) in [4.78, 5) is 2.61. The first-order valence-electron chi connectivity index (χ1n) is 26.8. The fraction of sp³-hybridized carbons (Fsp3) is 0.257. The van der Waals surface area contributed by atoms with Crippen LogP contribution >= 0.6 is 0 Å². The van der Waals surface area contributed by atoms with Crippen molar-refractivity contribution in [1.29, 1.82) is 0 Å². The van der Waals surface area contributed by atoms with Crippen molar-refractivity contribution in [3.05, 3.63) is 246 Å². The molecule has 8 aromatic rings. The van der Waals surface area contributed by atoms with Crippen LogP contribution in [0.15, 0.2) is 201 Å². The molecule has 0 heterocycles. The zero-order valence-electron chi connectivity index (χ0n) is 42.6. The highest BCUT2D eigenvalue weighted by molar-refractivity contribution is 5.95. The number of fused-ring (bicyclic) bond motifs is 6. The van der Waals surface area contributed by atoms with Gasteiger partial charge in [-0.05, 0) is 127 Å². The lowest BCUT2D eigenvalue weighted by molar-refractivity contribution is 0.266. The third-order valence-electron chi connectivity index (χ3n) is 16.5. The molecule has 71 heavy (non-hydrogen) atoms. The normalized spacial score (nSPS) is 15.8. The number of nitrogens with zero attached hydrogens (tertiary/aromatic N) is 1. The lowest BCUT2D eigenvalue weighted by atomic mass is 9.65. The van der Waals surface area contributed by atoms with Crippen molar-refractivity contribution in [2.45, 2.75) is 103 Å². The first-order chi connectivity index (χ1) is 34.9. The van der Waals surface area contributed by atoms with Crippen LogP contribution in [0.4, 0.5) is 17.1 Å². The second-order valence-corrected chi connectivity index (χ2v) is 20.5. The molecule has 0 aliphatic heterocycles. The van der Waals surface area contributed by atoms with E-state index >= 15 is 0 Å². The Labute approximate surface area is 425 Å². The van der Waals surface area contributed by atoms with Crippen molar-refractivity contribution in [2.75, 3.05) is 4.90 Å². The standard InChI is InChI=1S/C70H71N/c1-7-13-23-52(11-5)48-69(49-53(12-6)24-14-8-2)64-30-20-18-27-60(64)62-46-45-59(47-66(62)69)71(58-43-37-55(38-44-58)54-25-16-15-17-26-54)67-32-22-29-63-61-28-19-21-31-65(61)70(68(63)67,56-39-33-50(9-3)34-40-56)57-41-35-51(10-4)36-42-57/h9-10,15-22,25-47,52-53H,3-4,7-8,11-14,23-24,48-49H2,1-2,5-6H3. The van der Waals surface area contributed by atoms with E-state index < -0.39 is 5.41 Å². The molecule has 0 fully saturated rings. The van der Waals surface area contributed by atoms with Gasteiger partial charge < -0.3 is 4.90 Å². The average Bonchev–Trinajstić information content (AvgIpc) is 3.89. The van der Waals surface area contributed by atoms with E-state index in [9.17, 15) is 0 Å². The molecule has 0 radical (unpaired) electrons. The van der Waals surface area contributed by atoms with Gasteiger partial charge in [0.15, 0.2) is 0 Å². The van der Waals surface area contributed by atoms with Crippen molar-refractivity contribution < 1.29 is 0 Å². The molecule has 356 valence electrons. The Morgan fingerprint density at radius 2 is 0.944 bits per heavy atom. The molecular formula is C70H71N. The van der Waals surface area contributed by atoms with Crippen molar-refractivity contribution in [3.63, 3.8) is 0 Å². The molecule has 0 saturated heterocycles. The van der Waals surface area contributed by atoms with E-state index in [2.05, 4.69) is 234 Å². The van der Waals surface area contributed by atoms with Gasteiger partial charge in [-0.25, -0.2) is 0 Å². The maximum Gasteiger partial charge on any atom is 0.0734 e. The van der Waals surface area contributed by atoms with Gasteiger partial charge in [0.1, 0.15) is 0 Å². The second-order valence-electron chi connectivity index (χ2n) is 20.5. The average molecular weight is 926 g/mol. The predicted octanol–water partition coefficient (Wildman–Crippen LogP) is 20.0. The molecule has 1 heteroatoms. The van der Waals surface area contributed by atoms with Crippen LogP contribution in [0, 0.1) is 11.8 Å². The minimum Gasteiger partial charge on any atom is -0.310 e. The van der Waals surface area contributed by atoms with Gasteiger partial charge in [-0.3, -0.25) is 0 Å². The summed E-state index contributed by atoms with van der Waals surface area (Å²) in [6.07, 6.45) is 16.2. The maximum absolute atomic E-state index is 4.15. The van der Waals surface area contributed by atoms with Gasteiger partial charge in [0, 0.05) is 22.4 Å². The summed E-state index contributed by atoms with van der Waals surface area (Å²) in [6.45, 7) is 17.9. The van der Waals surface area contributed by atoms with Gasteiger partial charge in [-0.15, -0.1) is 0 Å². The largest absolute Gasteiger partial charge is 0.310 e. The van der Waals surface area contributed by atoms with Crippen molar-refractivity contribution in [3.8, 4) is 33.4 Å². The molecule has 0 N–H and O–H groups in total. The van der Waals surface area contributed by atoms with Crippen molar-refractivity contribution >= 4 is 29.2 Å². The number of anilines is 3. The molecular weight excluding hydrogens is 855 g/mol. The summed E-state index contributed by atoms with van der Waals surface area (Å²) >= 11 is 0. The van der Waals surface area contributed by atoms with E-state index in [1.54, 1.807) is 0 Å². The summed E-state index contributed by atoms with van der Waals surface area (Å²) < 4.78 is 0. The lowest BCUT2D eigenvalue weighted by Crippen LogP contribution is -2.32. The quantitative estimate of drug-likeness (QED) is 0.0736. The SMILES string of the molecule is C=Cc1ccc(C2(c3ccc(C=C)cc3)c3ccccc3-c3cccc(N(c4ccc(-c5ccccc5)cc4)c4ccc5c(c4)C(CC(CC)CCCC)(CC(CC)CCCC)c4ccccc4-5)c32)cc1. The molecule has 10 rings (SSSR count). The smallest absolute Gasteiger partial charge is 0.0734 e. The first-order valence-corrected chi connectivity index (χ1v) is 26.8. The Bertz CT molecular complexity index is 3050. The van der Waals surface area contributed by atoms with Gasteiger partial charge in [-0.2, -0.15) is 0 Å². The van der Waals surface area contributed by atoms with Gasteiger partial charge >= 0.3 is 0 Å². The highest BCUT2D eigenvalue weighted by Gasteiger charge is 2.49. The van der Waals surface area contributed by atoms with Crippen LogP contribution in [0.1, 0.15) is 136 Å². The Balaban J connectivity index is 1.27. The molecule has 0 aromatic heterocycles. The van der Waals surface area contributed by atoms with E-state index in [0.29, 0.717) is 11.8 Å². The highest BCUT2D eigenvalue weighted by atomic mass is 15.1. The molecule has 0 amide bonds. The summed E-state index contributed by atoms with van der Waals surface area (Å²) in [7, 11) is 0. The number of benzene rings is 8. The minimum atomic E-state index is -0.651. The van der Waals surface area contributed by atoms with E-state index in [4.69, 9.17) is 0 Å². The minimum absolute atomic E-state index is 0.105. The van der Waals surface area contributed by atoms with Crippen LogP contribution in [0.2, 0.25) is 0 Å². The third kappa shape index (κ3) is 8.52. The zero-order valence-corrected chi connectivity index (χ0v) is 42.6. The Morgan fingerprint density at radius 1 is 0.451 bits per heavy atom. The van der Waals surface area contributed by atoms with E-state index in [1.165, 1.54) is 142 Å². The molecule has 2 aliphatic rings. The van der Waals surface area contributed by atoms with Crippen molar-refractivity contribution in [2.24, 2.45) is 11.8 Å². The van der Waals surface area contributed by atoms with Crippen molar-refractivity contribution in [1.82, 2.24) is 0 Å². The third-order valence-corrected chi connectivity index (χ3v) is 16.5. The van der Waals surface area contributed by atoms with Crippen LogP contribution in [-0.4, -0.2) is 0 Å². The van der Waals surface area contributed by atoms with Crippen LogP contribution in [0.5, 0.6) is 0 Å². The van der Waals surface area contributed by atoms with Crippen LogP contribution in [0.3, 0.4) is 0 Å². The monoisotopic (exact) mass is 926 g/mol. The number of hydrogen-bond acceptors (Lipinski definition) is 1. The Morgan fingerprint density at radius 3 is 1.51 bits per heavy atom. The molecule has 8 aromatic carbocycles. The highest BCUT2D eigenvalue weighted by Crippen LogP contribution is 2.62. The van der Waals surface area contributed by atoms with E-state index in [-0.39, 0.29) is 5.41 Å². The van der Waals surface area contributed by atoms with E-state index in [0.717, 1.165) is 16.8 Å². The number of rotatable bonds is 20. The molecule has 2 aliphatic carbocycles. The molecule has 2 atom stereocenters. The Kier molecular flexibility index (Phi) is 14.0. The Hall–Kier alpha value is -6.96. The summed E-state index contributed by atoms with van der Waals surface area (Å²) in [5, 5.41) is 0. The van der Waals surface area contributed by atoms with Crippen LogP contribution < -0.4 is 4.90 Å². The van der Waals surface area contributed by atoms with Gasteiger partial charge in [0.2, 0.25) is 0 Å². The topological polar surface area (TPSA) is 3.24 Å². The maximum atomic E-state index is 4.15. The van der Waals surface area contributed by atoms with Crippen LogP contribution in [0.25, 0.3) is 45.5 Å². The number of unbranched alkanes of at least 4 members (excludes halogenated alkanes) is 2. The second kappa shape index (κ2) is 20.8. The summed E-state index contributed by atoms with van der Waals surface area (Å²) in [5.74, 6) is 1.28. The van der Waals surface area contributed by atoms with Gasteiger partial charge in [-0.1, -0.05) is 262 Å². The summed E-state index contributed by atoms with van der Waals surface area (Å²) in [5.41, 5.74) is 20.8. The molecule has 0 spiro atoms. The first kappa shape index (κ1) is 47.7. The summed E-state index contributed by atoms with van der Waals surface area (Å²) in [6, 6.07) is 71.7. The molecule has 0 saturated carbocycles. The predicted molar refractivity (Wildman–Crippen MR) is 306 cm³/mol. The zero-order chi connectivity index (χ0) is 49.0. The van der Waals surface area contributed by atoms with Gasteiger partial charge in [0.25, 0.3) is 0 Å². The van der Waals surface area contributed by atoms with Crippen LogP contribution in [-0.2, 0) is 10.8 Å². The van der Waals surface area contributed by atoms with Gasteiger partial charge in [0.05, 0.1) is 11.1 Å². The van der Waals surface area contributed by atoms with E-state index in [1.807, 2.05) is 12.2 Å². The fourth-order valence-corrected chi connectivity index (χ4v) is 12.9. The fourth-order valence-electron chi connectivity index (χ4n) is 12.9. The number of hydrogen-bond donors (Lipinski definition) is 0.